The molecule has 18 heavy (non-hydrogen) atoms. The molecule has 3 nitrogen and oxygen atoms in total. The van der Waals surface area contributed by atoms with Gasteiger partial charge < -0.3 is 10.1 Å². The summed E-state index contributed by atoms with van der Waals surface area (Å²) in [5.41, 5.74) is 3.52. The molecule has 0 atom stereocenters. The number of benzene rings is 1. The van der Waals surface area contributed by atoms with E-state index in [1.807, 2.05) is 6.08 Å². The van der Waals surface area contributed by atoms with Crippen molar-refractivity contribution in [2.24, 2.45) is 0 Å². The van der Waals surface area contributed by atoms with Gasteiger partial charge in [-0.3, -0.25) is 0 Å². The number of carbonyl (C=O) groups is 1. The maximum atomic E-state index is 11.2. The molecule has 0 radical (unpaired) electrons. The zero-order chi connectivity index (χ0) is 13.0. The van der Waals surface area contributed by atoms with Gasteiger partial charge in [0.15, 0.2) is 0 Å². The van der Waals surface area contributed by atoms with Crippen LogP contribution in [0.25, 0.3) is 0 Å². The first-order valence-corrected chi connectivity index (χ1v) is 6.26. The number of carbonyl (C=O) groups excluding carboxylic acids is 1. The summed E-state index contributed by atoms with van der Waals surface area (Å²) in [5.74, 6) is -0.258. The largest absolute Gasteiger partial charge is 0.466 e. The molecule has 0 heterocycles. The number of hydrogen-bond donors (Lipinski definition) is 1. The summed E-state index contributed by atoms with van der Waals surface area (Å²) in [5, 5.41) is 3.45. The lowest BCUT2D eigenvalue weighted by Gasteiger charge is -2.09. The highest BCUT2D eigenvalue weighted by Gasteiger charge is 2.19. The van der Waals surface area contributed by atoms with E-state index in [-0.39, 0.29) is 5.97 Å². The van der Waals surface area contributed by atoms with Gasteiger partial charge in [0.05, 0.1) is 7.11 Å². The first-order chi connectivity index (χ1) is 8.70. The Morgan fingerprint density at radius 2 is 2.00 bits per heavy atom. The zero-order valence-corrected chi connectivity index (χ0v) is 10.9. The Hall–Kier alpha value is -1.61. The zero-order valence-electron chi connectivity index (χ0n) is 10.9. The normalized spacial score (nSPS) is 15.6. The van der Waals surface area contributed by atoms with Crippen molar-refractivity contribution in [2.45, 2.75) is 25.8 Å². The van der Waals surface area contributed by atoms with E-state index in [1.54, 1.807) is 6.92 Å². The smallest absolute Gasteiger partial charge is 0.333 e. The van der Waals surface area contributed by atoms with E-state index >= 15 is 0 Å². The van der Waals surface area contributed by atoms with Crippen molar-refractivity contribution in [3.8, 4) is 0 Å². The van der Waals surface area contributed by atoms with E-state index in [0.717, 1.165) is 12.8 Å². The highest BCUT2D eigenvalue weighted by molar-refractivity contribution is 5.87. The molecule has 1 aliphatic rings. The molecular weight excluding hydrogens is 226 g/mol. The van der Waals surface area contributed by atoms with Crippen molar-refractivity contribution in [3.05, 3.63) is 47.0 Å². The fraction of sp³-hybridized carbons (Fsp3) is 0.400. The molecule has 0 bridgehead atoms. The number of rotatable bonds is 4. The topological polar surface area (TPSA) is 38.3 Å². The minimum atomic E-state index is -0.258. The first kappa shape index (κ1) is 12.8. The lowest BCUT2D eigenvalue weighted by atomic mass is 10.1. The lowest BCUT2D eigenvalue weighted by molar-refractivity contribution is -0.136. The molecule has 1 aliphatic carbocycles. The van der Waals surface area contributed by atoms with Crippen LogP contribution in [-0.4, -0.2) is 25.7 Å². The average Bonchev–Trinajstić information content (AvgIpc) is 2.80. The number of nitrogens with one attached hydrogen (secondary N) is 1. The molecule has 1 aromatic carbocycles. The van der Waals surface area contributed by atoms with Crippen molar-refractivity contribution in [1.29, 1.82) is 0 Å². The summed E-state index contributed by atoms with van der Waals surface area (Å²) >= 11 is 0. The van der Waals surface area contributed by atoms with Gasteiger partial charge in [0, 0.05) is 18.2 Å². The van der Waals surface area contributed by atoms with Gasteiger partial charge in [-0.2, -0.15) is 0 Å². The Morgan fingerprint density at radius 1 is 1.39 bits per heavy atom. The fourth-order valence-corrected chi connectivity index (χ4v) is 2.33. The van der Waals surface area contributed by atoms with Crippen molar-refractivity contribution in [3.63, 3.8) is 0 Å². The predicted molar refractivity (Wildman–Crippen MR) is 71.4 cm³/mol. The van der Waals surface area contributed by atoms with Crippen LogP contribution in [0.5, 0.6) is 0 Å². The molecule has 0 fully saturated rings. The van der Waals surface area contributed by atoms with Crippen molar-refractivity contribution in [1.82, 2.24) is 5.32 Å². The third-order valence-electron chi connectivity index (χ3n) is 3.37. The van der Waals surface area contributed by atoms with Crippen LogP contribution in [0.1, 0.15) is 18.1 Å². The predicted octanol–water partition coefficient (Wildman–Crippen LogP) is 1.86. The Bertz CT molecular complexity index is 440. The summed E-state index contributed by atoms with van der Waals surface area (Å²) in [6.07, 6.45) is 4.03. The minimum Gasteiger partial charge on any atom is -0.466 e. The second-order valence-corrected chi connectivity index (χ2v) is 4.66. The van der Waals surface area contributed by atoms with Gasteiger partial charge in [-0.1, -0.05) is 30.3 Å². The highest BCUT2D eigenvalue weighted by atomic mass is 16.5. The molecular formula is C15H19NO2. The summed E-state index contributed by atoms with van der Waals surface area (Å²) in [6, 6.07) is 9.02. The van der Waals surface area contributed by atoms with Crippen LogP contribution in [0.2, 0.25) is 0 Å². The molecule has 0 saturated carbocycles. The van der Waals surface area contributed by atoms with Gasteiger partial charge in [-0.25, -0.2) is 4.79 Å². The maximum Gasteiger partial charge on any atom is 0.333 e. The molecule has 0 spiro atoms. The molecule has 0 unspecified atom stereocenters. The molecule has 0 saturated heterocycles. The number of fused-ring (bicyclic) bond motifs is 1. The van der Waals surface area contributed by atoms with Crippen LogP contribution in [-0.2, 0) is 22.4 Å². The minimum absolute atomic E-state index is 0.258. The quantitative estimate of drug-likeness (QED) is 0.650. The number of esters is 1. The molecule has 3 heteroatoms. The van der Waals surface area contributed by atoms with Crippen LogP contribution in [0.15, 0.2) is 35.9 Å². The molecule has 0 amide bonds. The number of hydrogen-bond acceptors (Lipinski definition) is 3. The van der Waals surface area contributed by atoms with Gasteiger partial charge in [0.1, 0.15) is 0 Å². The van der Waals surface area contributed by atoms with Crippen molar-refractivity contribution >= 4 is 5.97 Å². The number of ether oxygens (including phenoxy) is 1. The van der Waals surface area contributed by atoms with E-state index in [2.05, 4.69) is 34.3 Å². The standard InChI is InChI=1S/C15H19NO2/c1-11(15(17)18-2)7-8-16-14-9-12-5-3-4-6-13(12)10-14/h3-7,14,16H,8-10H2,1-2H3/b11-7+. The first-order valence-electron chi connectivity index (χ1n) is 6.26. The summed E-state index contributed by atoms with van der Waals surface area (Å²) in [7, 11) is 1.40. The molecule has 2 rings (SSSR count). The van der Waals surface area contributed by atoms with E-state index in [0.29, 0.717) is 18.2 Å². The third-order valence-corrected chi connectivity index (χ3v) is 3.37. The van der Waals surface area contributed by atoms with Crippen molar-refractivity contribution < 1.29 is 9.53 Å². The second-order valence-electron chi connectivity index (χ2n) is 4.66. The van der Waals surface area contributed by atoms with E-state index < -0.39 is 0 Å². The third kappa shape index (κ3) is 2.99. The van der Waals surface area contributed by atoms with Gasteiger partial charge >= 0.3 is 5.97 Å². The summed E-state index contributed by atoms with van der Waals surface area (Å²) in [4.78, 5) is 11.2. The molecule has 0 aliphatic heterocycles. The molecule has 1 aromatic rings. The van der Waals surface area contributed by atoms with Crippen LogP contribution >= 0.6 is 0 Å². The van der Waals surface area contributed by atoms with Gasteiger partial charge in [-0.05, 0) is 30.9 Å². The van der Waals surface area contributed by atoms with Gasteiger partial charge in [-0.15, -0.1) is 0 Å². The Morgan fingerprint density at radius 3 is 2.56 bits per heavy atom. The van der Waals surface area contributed by atoms with Crippen LogP contribution in [0.3, 0.4) is 0 Å². The average molecular weight is 245 g/mol. The summed E-state index contributed by atoms with van der Waals surface area (Å²) in [6.45, 7) is 2.48. The highest BCUT2D eigenvalue weighted by Crippen LogP contribution is 2.21. The maximum absolute atomic E-state index is 11.2. The van der Waals surface area contributed by atoms with Crippen LogP contribution < -0.4 is 5.32 Å². The SMILES string of the molecule is COC(=O)/C(C)=C/CNC1Cc2ccccc2C1. The molecule has 96 valence electrons. The Labute approximate surface area is 108 Å². The van der Waals surface area contributed by atoms with Gasteiger partial charge in [0.2, 0.25) is 0 Å². The van der Waals surface area contributed by atoms with Crippen LogP contribution in [0.4, 0.5) is 0 Å². The number of methoxy groups -OCH3 is 1. The Kier molecular flexibility index (Phi) is 4.15. The van der Waals surface area contributed by atoms with E-state index in [4.69, 9.17) is 0 Å². The second kappa shape index (κ2) is 5.83. The van der Waals surface area contributed by atoms with E-state index in [1.165, 1.54) is 18.2 Å². The summed E-state index contributed by atoms with van der Waals surface area (Å²) < 4.78 is 4.65. The van der Waals surface area contributed by atoms with Gasteiger partial charge in [0.25, 0.3) is 0 Å². The van der Waals surface area contributed by atoms with Crippen LogP contribution in [0, 0.1) is 0 Å². The van der Waals surface area contributed by atoms with E-state index in [9.17, 15) is 4.79 Å². The monoisotopic (exact) mass is 245 g/mol. The molecule has 0 aromatic heterocycles. The molecule has 1 N–H and O–H groups in total. The lowest BCUT2D eigenvalue weighted by Crippen LogP contribution is -2.29. The van der Waals surface area contributed by atoms with Crippen molar-refractivity contribution in [2.75, 3.05) is 13.7 Å². The Balaban J connectivity index is 1.82. The fourth-order valence-electron chi connectivity index (χ4n) is 2.33.